The lowest BCUT2D eigenvalue weighted by Crippen LogP contribution is -2.52. The van der Waals surface area contributed by atoms with Crippen molar-refractivity contribution in [1.29, 1.82) is 0 Å². The molecule has 1 aromatic heterocycles. The van der Waals surface area contributed by atoms with Crippen molar-refractivity contribution in [3.8, 4) is 5.75 Å². The summed E-state index contributed by atoms with van der Waals surface area (Å²) in [5.41, 5.74) is 2.67. The number of hydrogen-bond acceptors (Lipinski definition) is 4. The Labute approximate surface area is 177 Å². The summed E-state index contributed by atoms with van der Waals surface area (Å²) in [5, 5.41) is 1.86. The van der Waals surface area contributed by atoms with Crippen LogP contribution in [-0.2, 0) is 11.3 Å². The largest absolute Gasteiger partial charge is 0.497 e. The van der Waals surface area contributed by atoms with Crippen LogP contribution in [-0.4, -0.2) is 35.5 Å². The van der Waals surface area contributed by atoms with Gasteiger partial charge in [0.15, 0.2) is 0 Å². The molecule has 29 heavy (non-hydrogen) atoms. The zero-order valence-corrected chi connectivity index (χ0v) is 17.8. The molecule has 1 aliphatic rings. The van der Waals surface area contributed by atoms with Gasteiger partial charge in [0.25, 0.3) is 0 Å². The molecule has 0 atom stereocenters. The minimum Gasteiger partial charge on any atom is -0.497 e. The summed E-state index contributed by atoms with van der Waals surface area (Å²) in [7, 11) is 1.60. The number of amides is 3. The molecule has 3 aromatic rings. The van der Waals surface area contributed by atoms with Gasteiger partial charge in [-0.2, -0.15) is 0 Å². The van der Waals surface area contributed by atoms with Crippen molar-refractivity contribution in [3.05, 3.63) is 64.4 Å². The number of methoxy groups -OCH3 is 1. The predicted octanol–water partition coefficient (Wildman–Crippen LogP) is 4.67. The monoisotopic (exact) mass is 453 g/mol. The quantitative estimate of drug-likeness (QED) is 0.575. The highest BCUT2D eigenvalue weighted by Gasteiger charge is 2.33. The molecule has 0 saturated carbocycles. The second-order valence-corrected chi connectivity index (χ2v) is 7.76. The van der Waals surface area contributed by atoms with Crippen LogP contribution in [0.2, 0.25) is 0 Å². The Hall–Kier alpha value is -2.93. The topological polar surface area (TPSA) is 62.7 Å². The number of urea groups is 1. The SMILES string of the molecule is COc1ccc(CN2C(=O)CCN(c3cncc4c(Br)c(C)ccc34)C2=O)cc1. The van der Waals surface area contributed by atoms with Gasteiger partial charge in [-0.3, -0.25) is 19.6 Å². The zero-order valence-electron chi connectivity index (χ0n) is 16.2. The number of aromatic nitrogens is 1. The minimum absolute atomic E-state index is 0.174. The molecular weight excluding hydrogens is 434 g/mol. The predicted molar refractivity (Wildman–Crippen MR) is 115 cm³/mol. The van der Waals surface area contributed by atoms with Crippen molar-refractivity contribution in [1.82, 2.24) is 9.88 Å². The van der Waals surface area contributed by atoms with E-state index in [9.17, 15) is 9.59 Å². The van der Waals surface area contributed by atoms with E-state index in [1.54, 1.807) is 24.4 Å². The third-order valence-corrected chi connectivity index (χ3v) is 6.20. The second-order valence-electron chi connectivity index (χ2n) is 6.96. The molecule has 3 amide bonds. The molecule has 0 spiro atoms. The molecule has 148 valence electrons. The Morgan fingerprint density at radius 3 is 2.55 bits per heavy atom. The highest BCUT2D eigenvalue weighted by molar-refractivity contribution is 9.10. The molecule has 7 heteroatoms. The van der Waals surface area contributed by atoms with Crippen molar-refractivity contribution < 1.29 is 14.3 Å². The van der Waals surface area contributed by atoms with Gasteiger partial charge < -0.3 is 4.74 Å². The Bertz CT molecular complexity index is 1100. The lowest BCUT2D eigenvalue weighted by Gasteiger charge is -2.34. The maximum atomic E-state index is 13.2. The van der Waals surface area contributed by atoms with Gasteiger partial charge in [0.05, 0.1) is 25.5 Å². The number of carbonyl (C=O) groups is 2. The first-order chi connectivity index (χ1) is 14.0. The fourth-order valence-corrected chi connectivity index (χ4v) is 3.95. The normalized spacial score (nSPS) is 14.6. The van der Waals surface area contributed by atoms with E-state index in [4.69, 9.17) is 4.74 Å². The summed E-state index contributed by atoms with van der Waals surface area (Å²) in [6.45, 7) is 2.57. The Kier molecular flexibility index (Phi) is 5.24. The average Bonchev–Trinajstić information content (AvgIpc) is 2.74. The summed E-state index contributed by atoms with van der Waals surface area (Å²) in [6, 6.07) is 11.0. The lowest BCUT2D eigenvalue weighted by molar-refractivity contribution is -0.129. The van der Waals surface area contributed by atoms with E-state index in [-0.39, 0.29) is 24.9 Å². The third kappa shape index (κ3) is 3.58. The van der Waals surface area contributed by atoms with Crippen LogP contribution in [0.25, 0.3) is 10.8 Å². The van der Waals surface area contributed by atoms with Gasteiger partial charge in [-0.1, -0.05) is 24.3 Å². The molecule has 1 saturated heterocycles. The van der Waals surface area contributed by atoms with Crippen LogP contribution in [0.1, 0.15) is 17.5 Å². The molecule has 1 aliphatic heterocycles. The molecule has 0 N–H and O–H groups in total. The number of fused-ring (bicyclic) bond motifs is 1. The minimum atomic E-state index is -0.330. The van der Waals surface area contributed by atoms with Crippen LogP contribution in [0.3, 0.4) is 0 Å². The standard InChI is InChI=1S/C22H20BrN3O3/c1-14-3-8-17-18(21(14)23)11-24-12-19(17)25-10-9-20(27)26(22(25)28)13-15-4-6-16(29-2)7-5-15/h3-8,11-12H,9-10,13H2,1-2H3. The summed E-state index contributed by atoms with van der Waals surface area (Å²) >= 11 is 3.61. The summed E-state index contributed by atoms with van der Waals surface area (Å²) in [4.78, 5) is 33.0. The van der Waals surface area contributed by atoms with Gasteiger partial charge in [0, 0.05) is 34.4 Å². The number of nitrogens with zero attached hydrogens (tertiary/aromatic N) is 3. The molecule has 0 unspecified atom stereocenters. The first-order valence-corrected chi connectivity index (χ1v) is 10.1. The summed E-state index contributed by atoms with van der Waals surface area (Å²) in [5.74, 6) is 0.557. The highest BCUT2D eigenvalue weighted by Crippen LogP contribution is 2.34. The van der Waals surface area contributed by atoms with E-state index in [1.165, 1.54) is 4.90 Å². The number of anilines is 1. The Morgan fingerprint density at radius 1 is 1.07 bits per heavy atom. The van der Waals surface area contributed by atoms with Gasteiger partial charge in [-0.05, 0) is 46.1 Å². The molecule has 1 fully saturated rings. The molecule has 0 aliphatic carbocycles. The first kappa shape index (κ1) is 19.4. The van der Waals surface area contributed by atoms with Crippen molar-refractivity contribution in [2.24, 2.45) is 0 Å². The smallest absolute Gasteiger partial charge is 0.331 e. The Balaban J connectivity index is 1.67. The Morgan fingerprint density at radius 2 is 1.83 bits per heavy atom. The number of carbonyl (C=O) groups excluding carboxylic acids is 2. The van der Waals surface area contributed by atoms with Crippen molar-refractivity contribution in [2.75, 3.05) is 18.6 Å². The number of halogens is 1. The van der Waals surface area contributed by atoms with E-state index in [0.717, 1.165) is 32.1 Å². The van der Waals surface area contributed by atoms with Crippen LogP contribution in [0.5, 0.6) is 5.75 Å². The summed E-state index contributed by atoms with van der Waals surface area (Å²) in [6.07, 6.45) is 3.74. The molecule has 2 aromatic carbocycles. The van der Waals surface area contributed by atoms with Gasteiger partial charge in [0.1, 0.15) is 5.75 Å². The lowest BCUT2D eigenvalue weighted by atomic mass is 10.1. The van der Waals surface area contributed by atoms with Crippen LogP contribution >= 0.6 is 15.9 Å². The maximum absolute atomic E-state index is 13.2. The fraction of sp³-hybridized carbons (Fsp3) is 0.227. The number of benzene rings is 2. The zero-order chi connectivity index (χ0) is 20.5. The van der Waals surface area contributed by atoms with Crippen molar-refractivity contribution >= 4 is 44.3 Å². The number of hydrogen-bond donors (Lipinski definition) is 0. The van der Waals surface area contributed by atoms with E-state index in [1.807, 2.05) is 43.3 Å². The van der Waals surface area contributed by atoms with Gasteiger partial charge in [-0.15, -0.1) is 0 Å². The molecule has 0 bridgehead atoms. The van der Waals surface area contributed by atoms with Crippen LogP contribution < -0.4 is 9.64 Å². The molecule has 2 heterocycles. The van der Waals surface area contributed by atoms with Crippen LogP contribution in [0, 0.1) is 6.92 Å². The molecule has 6 nitrogen and oxygen atoms in total. The van der Waals surface area contributed by atoms with E-state index < -0.39 is 0 Å². The number of imide groups is 1. The average molecular weight is 454 g/mol. The van der Waals surface area contributed by atoms with Gasteiger partial charge in [0.2, 0.25) is 5.91 Å². The van der Waals surface area contributed by atoms with E-state index >= 15 is 0 Å². The van der Waals surface area contributed by atoms with Gasteiger partial charge >= 0.3 is 6.03 Å². The highest BCUT2D eigenvalue weighted by atomic mass is 79.9. The third-order valence-electron chi connectivity index (χ3n) is 5.15. The molecular formula is C22H20BrN3O3. The van der Waals surface area contributed by atoms with E-state index in [0.29, 0.717) is 12.2 Å². The summed E-state index contributed by atoms with van der Waals surface area (Å²) < 4.78 is 6.13. The molecule has 4 rings (SSSR count). The van der Waals surface area contributed by atoms with Crippen LogP contribution in [0.4, 0.5) is 10.5 Å². The fourth-order valence-electron chi connectivity index (χ4n) is 3.50. The van der Waals surface area contributed by atoms with Gasteiger partial charge in [-0.25, -0.2) is 4.79 Å². The number of ether oxygens (including phenoxy) is 1. The van der Waals surface area contributed by atoms with Crippen molar-refractivity contribution in [2.45, 2.75) is 19.9 Å². The number of pyridine rings is 1. The second kappa shape index (κ2) is 7.83. The van der Waals surface area contributed by atoms with Crippen molar-refractivity contribution in [3.63, 3.8) is 0 Å². The first-order valence-electron chi connectivity index (χ1n) is 9.27. The number of rotatable bonds is 4. The van der Waals surface area contributed by atoms with E-state index in [2.05, 4.69) is 20.9 Å². The maximum Gasteiger partial charge on any atom is 0.331 e. The molecule has 0 radical (unpaired) electrons. The van der Waals surface area contributed by atoms with Crippen LogP contribution in [0.15, 0.2) is 53.3 Å². The number of aryl methyl sites for hydroxylation is 1.